The van der Waals surface area contributed by atoms with Gasteiger partial charge in [0, 0.05) is 12.3 Å². The quantitative estimate of drug-likeness (QED) is 0.177. The SMILES string of the molecule is CC(C)C(CCOC1OC(CO)C(O)C1O)CCC(C)C1C(O)C(O)C2C1(C)CCC1C3(C)CCC(O)CC3C(O)CC12O. The van der Waals surface area contributed by atoms with Gasteiger partial charge >= 0.3 is 0 Å². The molecule has 0 aromatic rings. The van der Waals surface area contributed by atoms with Crippen LogP contribution in [0.2, 0.25) is 0 Å². The van der Waals surface area contributed by atoms with Crippen molar-refractivity contribution in [1.82, 2.24) is 0 Å². The van der Waals surface area contributed by atoms with Gasteiger partial charge in [0.05, 0.1) is 43.2 Å². The van der Waals surface area contributed by atoms with E-state index in [1.807, 2.05) is 0 Å². The number of ether oxygens (including phenoxy) is 2. The summed E-state index contributed by atoms with van der Waals surface area (Å²) in [5, 5.41) is 87.0. The van der Waals surface area contributed by atoms with Crippen molar-refractivity contribution >= 4 is 0 Å². The Kier molecular flexibility index (Phi) is 10.2. The topological polar surface area (TPSA) is 180 Å². The van der Waals surface area contributed by atoms with Gasteiger partial charge in [0.15, 0.2) is 6.29 Å². The van der Waals surface area contributed by atoms with Crippen LogP contribution in [0.3, 0.4) is 0 Å². The minimum absolute atomic E-state index is 0.0825. The van der Waals surface area contributed by atoms with E-state index in [1.54, 1.807) is 0 Å². The van der Waals surface area contributed by atoms with Crippen molar-refractivity contribution in [2.45, 2.75) is 147 Å². The van der Waals surface area contributed by atoms with Crippen LogP contribution in [0.5, 0.6) is 0 Å². The highest BCUT2D eigenvalue weighted by molar-refractivity contribution is 5.21. The zero-order chi connectivity index (χ0) is 32.4. The average Bonchev–Trinajstić information content (AvgIpc) is 3.34. The van der Waals surface area contributed by atoms with Crippen LogP contribution in [0, 0.1) is 52.3 Å². The maximum Gasteiger partial charge on any atom is 0.186 e. The molecule has 1 heterocycles. The molecule has 0 aromatic carbocycles. The van der Waals surface area contributed by atoms with E-state index in [0.717, 1.165) is 38.5 Å². The molecule has 17 unspecified atom stereocenters. The van der Waals surface area contributed by atoms with Crippen LogP contribution in [0.4, 0.5) is 0 Å². The summed E-state index contributed by atoms with van der Waals surface area (Å²) < 4.78 is 11.2. The number of hydrogen-bond donors (Lipinski definition) is 8. The van der Waals surface area contributed by atoms with Gasteiger partial charge in [0.2, 0.25) is 0 Å². The second-order valence-electron chi connectivity index (χ2n) is 16.3. The molecule has 0 amide bonds. The van der Waals surface area contributed by atoms with Crippen molar-refractivity contribution < 1.29 is 50.3 Å². The van der Waals surface area contributed by atoms with Crippen molar-refractivity contribution in [3.05, 3.63) is 0 Å². The lowest BCUT2D eigenvalue weighted by atomic mass is 9.42. The first kappa shape index (κ1) is 34.9. The molecular formula is C34H60O10. The molecular weight excluding hydrogens is 568 g/mol. The van der Waals surface area contributed by atoms with Crippen molar-refractivity contribution in [3.8, 4) is 0 Å². The fourth-order valence-electron chi connectivity index (χ4n) is 11.3. The standard InChI is InChI=1S/C34H60O10/c1-17(2)19(10-13-43-31-29(41)26(38)23(16-35)44-31)7-6-18(3)25-27(39)28(40)30-33(25,5)12-9-24-32(4)11-8-20(36)14-21(32)22(37)15-34(24,30)42/h17-31,35-42H,6-16H2,1-5H3. The van der Waals surface area contributed by atoms with E-state index >= 15 is 0 Å². The second-order valence-corrected chi connectivity index (χ2v) is 16.3. The van der Waals surface area contributed by atoms with Crippen molar-refractivity contribution in [3.63, 3.8) is 0 Å². The molecule has 4 aliphatic carbocycles. The minimum Gasteiger partial charge on any atom is -0.394 e. The summed E-state index contributed by atoms with van der Waals surface area (Å²) in [6.45, 7) is 10.7. The van der Waals surface area contributed by atoms with Gasteiger partial charge in [-0.15, -0.1) is 0 Å². The molecule has 17 atom stereocenters. The van der Waals surface area contributed by atoms with E-state index < -0.39 is 72.6 Å². The number of aliphatic hydroxyl groups is 8. The molecule has 4 saturated carbocycles. The predicted molar refractivity (Wildman–Crippen MR) is 162 cm³/mol. The van der Waals surface area contributed by atoms with Gasteiger partial charge in [-0.3, -0.25) is 0 Å². The third-order valence-corrected chi connectivity index (χ3v) is 13.6. The summed E-state index contributed by atoms with van der Waals surface area (Å²) in [4.78, 5) is 0. The fourth-order valence-corrected chi connectivity index (χ4v) is 11.3. The van der Waals surface area contributed by atoms with Crippen LogP contribution < -0.4 is 0 Å². The largest absolute Gasteiger partial charge is 0.394 e. The van der Waals surface area contributed by atoms with Gasteiger partial charge < -0.3 is 50.3 Å². The molecule has 8 N–H and O–H groups in total. The van der Waals surface area contributed by atoms with Crippen LogP contribution in [-0.4, -0.2) is 109 Å². The molecule has 1 aliphatic heterocycles. The number of rotatable bonds is 10. The lowest BCUT2D eigenvalue weighted by Crippen LogP contribution is -2.68. The zero-order valence-electron chi connectivity index (χ0n) is 27.3. The predicted octanol–water partition coefficient (Wildman–Crippen LogP) is 1.57. The van der Waals surface area contributed by atoms with E-state index in [-0.39, 0.29) is 35.5 Å². The Morgan fingerprint density at radius 2 is 1.52 bits per heavy atom. The summed E-state index contributed by atoms with van der Waals surface area (Å²) in [5.41, 5.74) is -2.11. The van der Waals surface area contributed by atoms with Crippen LogP contribution in [-0.2, 0) is 9.47 Å². The molecule has 0 bridgehead atoms. The van der Waals surface area contributed by atoms with E-state index in [0.29, 0.717) is 31.3 Å². The van der Waals surface area contributed by atoms with Crippen molar-refractivity contribution in [2.24, 2.45) is 52.3 Å². The van der Waals surface area contributed by atoms with Gasteiger partial charge in [-0.2, -0.15) is 0 Å². The Bertz CT molecular complexity index is 982. The van der Waals surface area contributed by atoms with Crippen molar-refractivity contribution in [1.29, 1.82) is 0 Å². The molecule has 256 valence electrons. The Morgan fingerprint density at radius 1 is 0.841 bits per heavy atom. The first-order valence-electron chi connectivity index (χ1n) is 17.3. The monoisotopic (exact) mass is 628 g/mol. The highest BCUT2D eigenvalue weighted by Crippen LogP contribution is 2.69. The highest BCUT2D eigenvalue weighted by Gasteiger charge is 2.72. The Hall–Kier alpha value is -0.400. The zero-order valence-corrected chi connectivity index (χ0v) is 27.3. The third kappa shape index (κ3) is 5.71. The summed E-state index contributed by atoms with van der Waals surface area (Å²) in [6, 6.07) is 0. The van der Waals surface area contributed by atoms with E-state index in [1.165, 1.54) is 0 Å². The molecule has 0 spiro atoms. The Labute approximate surface area is 262 Å². The van der Waals surface area contributed by atoms with Crippen LogP contribution in [0.15, 0.2) is 0 Å². The Morgan fingerprint density at radius 3 is 2.16 bits per heavy atom. The van der Waals surface area contributed by atoms with Crippen LogP contribution in [0.1, 0.15) is 92.4 Å². The van der Waals surface area contributed by atoms with E-state index in [2.05, 4.69) is 34.6 Å². The van der Waals surface area contributed by atoms with E-state index in [4.69, 9.17) is 9.47 Å². The molecule has 5 fully saturated rings. The first-order chi connectivity index (χ1) is 20.6. The van der Waals surface area contributed by atoms with Gasteiger partial charge in [0.25, 0.3) is 0 Å². The third-order valence-electron chi connectivity index (χ3n) is 13.6. The molecule has 10 nitrogen and oxygen atoms in total. The lowest BCUT2D eigenvalue weighted by molar-refractivity contribution is -0.264. The lowest BCUT2D eigenvalue weighted by Gasteiger charge is -2.65. The average molecular weight is 629 g/mol. The highest BCUT2D eigenvalue weighted by atomic mass is 16.7. The maximum absolute atomic E-state index is 12.5. The van der Waals surface area contributed by atoms with Gasteiger partial charge in [-0.05, 0) is 91.3 Å². The molecule has 0 radical (unpaired) electrons. The fraction of sp³-hybridized carbons (Fsp3) is 1.00. The van der Waals surface area contributed by atoms with Crippen molar-refractivity contribution in [2.75, 3.05) is 13.2 Å². The summed E-state index contributed by atoms with van der Waals surface area (Å²) >= 11 is 0. The molecule has 5 rings (SSSR count). The smallest absolute Gasteiger partial charge is 0.186 e. The molecule has 1 saturated heterocycles. The van der Waals surface area contributed by atoms with Gasteiger partial charge in [-0.25, -0.2) is 0 Å². The Balaban J connectivity index is 1.25. The molecule has 0 aromatic heterocycles. The number of fused-ring (bicyclic) bond motifs is 5. The molecule has 44 heavy (non-hydrogen) atoms. The van der Waals surface area contributed by atoms with Crippen LogP contribution in [0.25, 0.3) is 0 Å². The maximum atomic E-state index is 12.5. The van der Waals surface area contributed by atoms with E-state index in [9.17, 15) is 40.9 Å². The van der Waals surface area contributed by atoms with Gasteiger partial charge in [-0.1, -0.05) is 41.0 Å². The normalized spacial score (nSPS) is 52.0. The molecule has 5 aliphatic rings. The number of hydrogen-bond acceptors (Lipinski definition) is 10. The summed E-state index contributed by atoms with van der Waals surface area (Å²) in [5.74, 6) is -0.187. The first-order valence-corrected chi connectivity index (χ1v) is 17.3. The van der Waals surface area contributed by atoms with Gasteiger partial charge in [0.1, 0.15) is 18.3 Å². The second kappa shape index (κ2) is 12.9. The molecule has 10 heteroatoms. The minimum atomic E-state index is -1.29. The number of aliphatic hydroxyl groups excluding tert-OH is 7. The van der Waals surface area contributed by atoms with Crippen LogP contribution >= 0.6 is 0 Å². The summed E-state index contributed by atoms with van der Waals surface area (Å²) in [6.07, 6.45) is -1.37. The summed E-state index contributed by atoms with van der Waals surface area (Å²) in [7, 11) is 0.